The van der Waals surface area contributed by atoms with E-state index in [2.05, 4.69) is 72.1 Å². The molecule has 264 valence electrons. The van der Waals surface area contributed by atoms with Gasteiger partial charge in [-0.05, 0) is 80.4 Å². The molecule has 49 heavy (non-hydrogen) atoms. The summed E-state index contributed by atoms with van der Waals surface area (Å²) in [4.78, 5) is 62.2. The van der Waals surface area contributed by atoms with Crippen LogP contribution in [0.5, 0.6) is 0 Å². The number of carbonyl (C=O) groups excluding carboxylic acids is 4. The lowest BCUT2D eigenvalue weighted by Crippen LogP contribution is -2.56. The van der Waals surface area contributed by atoms with Crippen molar-refractivity contribution >= 4 is 80.4 Å². The van der Waals surface area contributed by atoms with Crippen LogP contribution in [0.15, 0.2) is 42.5 Å². The molecule has 3 N–H and O–H groups in total. The molecule has 0 spiro atoms. The van der Waals surface area contributed by atoms with Gasteiger partial charge in [0, 0.05) is 65.0 Å². The number of urea groups is 2. The van der Waals surface area contributed by atoms with Gasteiger partial charge < -0.3 is 35.6 Å². The number of amides is 6. The number of carbonyl (C=O) groups is 4. The maximum absolute atomic E-state index is 14.1. The molecule has 2 aromatic carbocycles. The summed E-state index contributed by atoms with van der Waals surface area (Å²) >= 11 is 4.57. The van der Waals surface area contributed by atoms with Crippen molar-refractivity contribution in [2.45, 2.75) is 84.9 Å². The molecule has 13 heteroatoms. The number of piperidine rings is 3. The molecule has 6 amide bonds. The molecule has 4 aliphatic rings. The van der Waals surface area contributed by atoms with E-state index in [0.29, 0.717) is 57.3 Å². The van der Waals surface area contributed by atoms with Crippen LogP contribution in [0.4, 0.5) is 21.0 Å². The minimum absolute atomic E-state index is 0.0188. The van der Waals surface area contributed by atoms with Crippen LogP contribution in [0.2, 0.25) is 0 Å². The lowest BCUT2D eigenvalue weighted by Gasteiger charge is -2.41. The number of para-hydroxylation sites is 1. The van der Waals surface area contributed by atoms with E-state index in [1.807, 2.05) is 46.2 Å². The lowest BCUT2D eigenvalue weighted by molar-refractivity contribution is -0.140. The summed E-state index contributed by atoms with van der Waals surface area (Å²) in [5, 5.41) is 8.88. The van der Waals surface area contributed by atoms with E-state index < -0.39 is 12.1 Å². The molecule has 3 fully saturated rings. The maximum Gasteiger partial charge on any atom is 0.322 e. The number of alkyl halides is 2. The molecule has 2 aromatic rings. The quantitative estimate of drug-likeness (QED) is 0.213. The van der Waals surface area contributed by atoms with Gasteiger partial charge >= 0.3 is 12.1 Å². The molecule has 1 atom stereocenters. The van der Waals surface area contributed by atoms with Crippen molar-refractivity contribution in [1.29, 1.82) is 0 Å². The average Bonchev–Trinajstić information content (AvgIpc) is 3.14. The van der Waals surface area contributed by atoms with Crippen LogP contribution in [0.1, 0.15) is 68.1 Å². The van der Waals surface area contributed by atoms with Crippen LogP contribution in [-0.4, -0.2) is 101 Å². The third-order valence-corrected chi connectivity index (χ3v) is 12.2. The van der Waals surface area contributed by atoms with Crippen molar-refractivity contribution in [3.05, 3.63) is 59.2 Å². The Morgan fingerprint density at radius 1 is 0.837 bits per heavy atom. The molecule has 0 saturated carbocycles. The number of hydrogen-bond donors (Lipinski definition) is 3. The smallest absolute Gasteiger partial charge is 0.322 e. The summed E-state index contributed by atoms with van der Waals surface area (Å²) in [5.74, 6) is -0.358. The fourth-order valence-electron chi connectivity index (χ4n) is 7.66. The fourth-order valence-corrected chi connectivity index (χ4v) is 8.80. The first-order chi connectivity index (χ1) is 23.8. The topological polar surface area (TPSA) is 117 Å². The van der Waals surface area contributed by atoms with Crippen molar-refractivity contribution in [3.8, 4) is 0 Å². The van der Waals surface area contributed by atoms with E-state index >= 15 is 0 Å². The van der Waals surface area contributed by atoms with Crippen LogP contribution < -0.4 is 16.0 Å². The summed E-state index contributed by atoms with van der Waals surface area (Å²) in [5.41, 5.74) is 4.74. The minimum atomic E-state index is -0.975. The van der Waals surface area contributed by atoms with Crippen molar-refractivity contribution in [1.82, 2.24) is 24.9 Å². The molecule has 0 aromatic heterocycles. The zero-order valence-electron chi connectivity index (χ0n) is 28.0. The molecule has 4 aliphatic heterocycles. The third kappa shape index (κ3) is 8.99. The van der Waals surface area contributed by atoms with E-state index in [4.69, 9.17) is 0 Å². The summed E-state index contributed by atoms with van der Waals surface area (Å²) in [6, 6.07) is 12.8. The van der Waals surface area contributed by atoms with Crippen LogP contribution in [0.3, 0.4) is 0 Å². The lowest BCUT2D eigenvalue weighted by atomic mass is 9.98. The molecule has 0 unspecified atom stereocenters. The van der Waals surface area contributed by atoms with Crippen molar-refractivity contribution in [2.24, 2.45) is 0 Å². The number of benzene rings is 2. The molecular weight excluding hydrogens is 848 g/mol. The highest BCUT2D eigenvalue weighted by Gasteiger charge is 2.36. The summed E-state index contributed by atoms with van der Waals surface area (Å²) in [6.45, 7) is 5.03. The van der Waals surface area contributed by atoms with Gasteiger partial charge in [-0.1, -0.05) is 81.9 Å². The number of anilines is 2. The van der Waals surface area contributed by atoms with Gasteiger partial charge in [0.2, 0.25) is 11.8 Å². The monoisotopic (exact) mass is 895 g/mol. The Balaban J connectivity index is 1.09. The fraction of sp³-hybridized carbons (Fsp3) is 0.556. The van der Waals surface area contributed by atoms with Gasteiger partial charge in [0.15, 0.2) is 0 Å². The molecule has 6 rings (SSSR count). The third-order valence-electron chi connectivity index (χ3n) is 10.5. The number of nitrogens with one attached hydrogen (secondary N) is 3. The number of nitrogens with zero attached hydrogens (tertiary/aromatic N) is 4. The van der Waals surface area contributed by atoms with Gasteiger partial charge in [0.25, 0.3) is 0 Å². The van der Waals surface area contributed by atoms with Crippen LogP contribution >= 0.6 is 45.2 Å². The Bertz CT molecular complexity index is 1500. The average molecular weight is 896 g/mol. The predicted molar refractivity (Wildman–Crippen MR) is 208 cm³/mol. The van der Waals surface area contributed by atoms with Gasteiger partial charge in [0.1, 0.15) is 6.04 Å². The van der Waals surface area contributed by atoms with E-state index in [0.717, 1.165) is 57.2 Å². The molecule has 4 heterocycles. The molecule has 11 nitrogen and oxygen atoms in total. The van der Waals surface area contributed by atoms with Crippen molar-refractivity contribution in [2.75, 3.05) is 49.9 Å². The Labute approximate surface area is 316 Å². The first kappa shape index (κ1) is 36.1. The van der Waals surface area contributed by atoms with E-state index in [-0.39, 0.29) is 30.3 Å². The van der Waals surface area contributed by atoms with Gasteiger partial charge in [-0.15, -0.1) is 0 Å². The van der Waals surface area contributed by atoms with E-state index in [1.165, 1.54) is 19.3 Å². The number of halogens is 2. The molecule has 0 aliphatic carbocycles. The van der Waals surface area contributed by atoms with Crippen molar-refractivity contribution in [3.63, 3.8) is 0 Å². The van der Waals surface area contributed by atoms with Crippen molar-refractivity contribution < 1.29 is 19.2 Å². The SMILES string of the molecule is O=C(Nc1cc(CI)ccc1CI)N[C@@H](CC(=O)N1CCC(N2Cc3ccccc3NC2=O)CC1)C(=O)N1CCC(N2CCCCC2)CC1. The highest BCUT2D eigenvalue weighted by molar-refractivity contribution is 14.1. The maximum atomic E-state index is 14.1. The highest BCUT2D eigenvalue weighted by atomic mass is 127. The first-order valence-electron chi connectivity index (χ1n) is 17.6. The second-order valence-electron chi connectivity index (χ2n) is 13.6. The molecule has 0 radical (unpaired) electrons. The number of rotatable bonds is 9. The Morgan fingerprint density at radius 2 is 1.53 bits per heavy atom. The Hall–Kier alpha value is -2.66. The van der Waals surface area contributed by atoms with Crippen LogP contribution in [0, 0.1) is 0 Å². The van der Waals surface area contributed by atoms with Gasteiger partial charge in [-0.2, -0.15) is 0 Å². The Kier molecular flexibility index (Phi) is 12.6. The highest BCUT2D eigenvalue weighted by Crippen LogP contribution is 2.28. The number of fused-ring (bicyclic) bond motifs is 1. The predicted octanol–water partition coefficient (Wildman–Crippen LogP) is 5.95. The molecule has 0 bridgehead atoms. The van der Waals surface area contributed by atoms with E-state index in [1.54, 1.807) is 4.90 Å². The Morgan fingerprint density at radius 3 is 2.24 bits per heavy atom. The number of hydrogen-bond acceptors (Lipinski definition) is 5. The van der Waals surface area contributed by atoms with E-state index in [9.17, 15) is 19.2 Å². The van der Waals surface area contributed by atoms with Gasteiger partial charge in [-0.3, -0.25) is 9.59 Å². The summed E-state index contributed by atoms with van der Waals surface area (Å²) in [7, 11) is 0. The summed E-state index contributed by atoms with van der Waals surface area (Å²) in [6.07, 6.45) is 6.78. The largest absolute Gasteiger partial charge is 0.342 e. The van der Waals surface area contributed by atoms with Crippen LogP contribution in [0.25, 0.3) is 0 Å². The molecule has 3 saturated heterocycles. The minimum Gasteiger partial charge on any atom is -0.342 e. The normalized spacial score (nSPS) is 20.0. The zero-order valence-corrected chi connectivity index (χ0v) is 32.3. The first-order valence-corrected chi connectivity index (χ1v) is 20.7. The van der Waals surface area contributed by atoms with Gasteiger partial charge in [-0.25, -0.2) is 9.59 Å². The second-order valence-corrected chi connectivity index (χ2v) is 15.1. The van der Waals surface area contributed by atoms with Crippen LogP contribution in [-0.2, 0) is 25.0 Å². The standard InChI is InChI=1S/C36H47I2N7O4/c37-22-25-8-9-26(23-38)31(20-25)39-35(48)40-32(34(47)44-18-10-28(11-19-44)42-14-4-1-5-15-42)21-33(46)43-16-12-29(13-17-43)45-24-27-6-2-3-7-30(27)41-36(45)49/h2-3,6-9,20,28-29,32H,1,4-5,10-19,21-24H2,(H,41,49)(H2,39,40,48)/t32-/m0/s1. The zero-order chi connectivity index (χ0) is 34.3. The second kappa shape index (κ2) is 17.0. The number of likely N-dealkylation sites (tertiary alicyclic amines) is 3. The molecular formula is C36H47I2N7O4. The summed E-state index contributed by atoms with van der Waals surface area (Å²) < 4.78 is 1.54. The van der Waals surface area contributed by atoms with Gasteiger partial charge in [0.05, 0.1) is 6.42 Å².